The molecule has 1 aliphatic carbocycles. The van der Waals surface area contributed by atoms with E-state index in [4.69, 9.17) is 4.74 Å². The number of allylic oxidation sites excluding steroid dienone is 1. The van der Waals surface area contributed by atoms with Gasteiger partial charge < -0.3 is 15.0 Å². The molecule has 0 saturated heterocycles. The van der Waals surface area contributed by atoms with Crippen LogP contribution in [-0.4, -0.2) is 23.3 Å². The first-order valence-electron chi connectivity index (χ1n) is 9.93. The van der Waals surface area contributed by atoms with E-state index in [9.17, 15) is 14.9 Å². The van der Waals surface area contributed by atoms with Gasteiger partial charge in [0.05, 0.1) is 12.2 Å². The van der Waals surface area contributed by atoms with E-state index in [1.165, 1.54) is 22.4 Å². The number of nitrogens with one attached hydrogen (secondary N) is 2. The van der Waals surface area contributed by atoms with Crippen molar-refractivity contribution >= 4 is 39.0 Å². The molecular weight excluding hydrogens is 398 g/mol. The van der Waals surface area contributed by atoms with Crippen molar-refractivity contribution in [2.75, 3.05) is 11.9 Å². The predicted octanol–water partition coefficient (Wildman–Crippen LogP) is 4.99. The lowest BCUT2D eigenvalue weighted by Crippen LogP contribution is -2.11. The Labute approximate surface area is 178 Å². The second-order valence-electron chi connectivity index (χ2n) is 7.03. The van der Waals surface area contributed by atoms with Crippen LogP contribution in [0, 0.1) is 11.3 Å². The minimum atomic E-state index is -0.374. The summed E-state index contributed by atoms with van der Waals surface area (Å²) in [6.07, 6.45) is 6.90. The second kappa shape index (κ2) is 8.56. The van der Waals surface area contributed by atoms with Gasteiger partial charge in [0.2, 0.25) is 5.78 Å². The first-order valence-corrected chi connectivity index (χ1v) is 10.7. The monoisotopic (exact) mass is 419 g/mol. The number of nitriles is 1. The molecule has 152 valence electrons. The molecule has 0 fully saturated rings. The summed E-state index contributed by atoms with van der Waals surface area (Å²) in [5, 5.41) is 14.0. The van der Waals surface area contributed by atoms with E-state index in [0.717, 1.165) is 42.1 Å². The fourth-order valence-corrected chi connectivity index (χ4v) is 5.02. The van der Waals surface area contributed by atoms with Crippen LogP contribution in [-0.2, 0) is 17.6 Å². The average molecular weight is 420 g/mol. The number of aromatic nitrogens is 1. The molecule has 7 heteroatoms. The van der Waals surface area contributed by atoms with Gasteiger partial charge in [0, 0.05) is 33.7 Å². The van der Waals surface area contributed by atoms with Crippen molar-refractivity contribution in [3.05, 3.63) is 63.8 Å². The number of hydrogen-bond donors (Lipinski definition) is 2. The Morgan fingerprint density at radius 2 is 2.10 bits per heavy atom. The van der Waals surface area contributed by atoms with Crippen LogP contribution >= 0.6 is 11.3 Å². The summed E-state index contributed by atoms with van der Waals surface area (Å²) < 4.78 is 5.25. The fourth-order valence-electron chi connectivity index (χ4n) is 3.78. The molecule has 0 unspecified atom stereocenters. The summed E-state index contributed by atoms with van der Waals surface area (Å²) in [6.45, 7) is 2.07. The molecule has 0 radical (unpaired) electrons. The number of rotatable bonds is 6. The molecule has 0 atom stereocenters. The number of esters is 1. The Balaban J connectivity index is 1.66. The van der Waals surface area contributed by atoms with Gasteiger partial charge in [0.15, 0.2) is 0 Å². The van der Waals surface area contributed by atoms with Crippen LogP contribution in [0.25, 0.3) is 10.9 Å². The van der Waals surface area contributed by atoms with E-state index in [2.05, 4.69) is 10.3 Å². The molecule has 1 aliphatic rings. The number of carbonyl (C=O) groups excluding carboxylic acids is 2. The average Bonchev–Trinajstić information content (AvgIpc) is 3.35. The van der Waals surface area contributed by atoms with Crippen molar-refractivity contribution in [1.29, 1.82) is 5.26 Å². The third-order valence-electron chi connectivity index (χ3n) is 5.20. The van der Waals surface area contributed by atoms with Gasteiger partial charge in [-0.05, 0) is 44.2 Å². The number of carbonyl (C=O) groups is 2. The summed E-state index contributed by atoms with van der Waals surface area (Å²) >= 11 is 1.50. The highest BCUT2D eigenvalue weighted by atomic mass is 32.1. The van der Waals surface area contributed by atoms with E-state index in [1.54, 1.807) is 13.1 Å². The van der Waals surface area contributed by atoms with Crippen molar-refractivity contribution in [1.82, 2.24) is 4.98 Å². The highest BCUT2D eigenvalue weighted by Crippen LogP contribution is 2.38. The lowest BCUT2D eigenvalue weighted by molar-refractivity contribution is 0.0526. The molecule has 0 amide bonds. The smallest absolute Gasteiger partial charge is 0.341 e. The number of hydrogen-bond acceptors (Lipinski definition) is 6. The number of para-hydroxylation sites is 1. The maximum atomic E-state index is 12.9. The summed E-state index contributed by atoms with van der Waals surface area (Å²) in [6, 6.07) is 9.43. The lowest BCUT2D eigenvalue weighted by Gasteiger charge is -2.12. The van der Waals surface area contributed by atoms with Crippen LogP contribution in [0.5, 0.6) is 0 Å². The normalized spacial score (nSPS) is 13.5. The summed E-state index contributed by atoms with van der Waals surface area (Å²) in [5.41, 5.74) is 2.81. The highest BCUT2D eigenvalue weighted by Gasteiger charge is 2.26. The molecule has 0 spiro atoms. The van der Waals surface area contributed by atoms with Crippen LogP contribution in [0.2, 0.25) is 0 Å². The number of aromatic amines is 1. The minimum absolute atomic E-state index is 0.0269. The molecule has 0 bridgehead atoms. The first-order chi connectivity index (χ1) is 14.6. The van der Waals surface area contributed by atoms with E-state index >= 15 is 0 Å². The molecule has 4 rings (SSSR count). The van der Waals surface area contributed by atoms with Gasteiger partial charge in [-0.15, -0.1) is 11.3 Å². The Hall–Kier alpha value is -3.37. The number of Topliss-reactive ketones (excluding diaryl/α,β-unsaturated/α-hetero) is 1. The number of anilines is 1. The standard InChI is InChI=1S/C23H21N3O3S/c1-2-29-23(28)20-16-8-4-6-10-19(16)30-22(20)26-12-14(11-24)21(27)17-13-25-18-9-5-3-7-15(17)18/h3,5,7,9,12-13,25-26H,2,4,6,8,10H2,1H3/b14-12+. The number of nitrogens with zero attached hydrogens (tertiary/aromatic N) is 1. The van der Waals surface area contributed by atoms with Gasteiger partial charge in [0.25, 0.3) is 0 Å². The molecule has 0 aliphatic heterocycles. The predicted molar refractivity (Wildman–Crippen MR) is 117 cm³/mol. The maximum absolute atomic E-state index is 12.9. The van der Waals surface area contributed by atoms with E-state index in [1.807, 2.05) is 30.3 Å². The third-order valence-corrected chi connectivity index (χ3v) is 6.42. The van der Waals surface area contributed by atoms with Crippen molar-refractivity contribution < 1.29 is 14.3 Å². The topological polar surface area (TPSA) is 95.0 Å². The molecule has 0 saturated carbocycles. The zero-order valence-electron chi connectivity index (χ0n) is 16.6. The van der Waals surface area contributed by atoms with Crippen molar-refractivity contribution in [3.8, 4) is 6.07 Å². The van der Waals surface area contributed by atoms with Gasteiger partial charge in [-0.1, -0.05) is 18.2 Å². The van der Waals surface area contributed by atoms with Crippen LogP contribution in [0.4, 0.5) is 5.00 Å². The Bertz CT molecular complexity index is 1200. The quantitative estimate of drug-likeness (QED) is 0.254. The maximum Gasteiger partial charge on any atom is 0.341 e. The Kier molecular flexibility index (Phi) is 5.68. The van der Waals surface area contributed by atoms with Gasteiger partial charge in [0.1, 0.15) is 16.6 Å². The molecular formula is C23H21N3O3S. The summed E-state index contributed by atoms with van der Waals surface area (Å²) in [7, 11) is 0. The molecule has 2 heterocycles. The number of aryl methyl sites for hydroxylation is 1. The number of fused-ring (bicyclic) bond motifs is 2. The zero-order valence-corrected chi connectivity index (χ0v) is 17.4. The fraction of sp³-hybridized carbons (Fsp3) is 0.261. The Morgan fingerprint density at radius 1 is 1.30 bits per heavy atom. The third kappa shape index (κ3) is 3.62. The lowest BCUT2D eigenvalue weighted by atomic mass is 9.95. The minimum Gasteiger partial charge on any atom is -0.462 e. The van der Waals surface area contributed by atoms with E-state index < -0.39 is 0 Å². The van der Waals surface area contributed by atoms with Crippen molar-refractivity contribution in [2.45, 2.75) is 32.6 Å². The molecule has 30 heavy (non-hydrogen) atoms. The van der Waals surface area contributed by atoms with Gasteiger partial charge in [-0.3, -0.25) is 4.79 Å². The second-order valence-corrected chi connectivity index (χ2v) is 8.13. The van der Waals surface area contributed by atoms with Crippen LogP contribution < -0.4 is 5.32 Å². The highest BCUT2D eigenvalue weighted by molar-refractivity contribution is 7.16. The molecule has 1 aromatic carbocycles. The van der Waals surface area contributed by atoms with Gasteiger partial charge >= 0.3 is 5.97 Å². The van der Waals surface area contributed by atoms with Crippen molar-refractivity contribution in [2.24, 2.45) is 0 Å². The Morgan fingerprint density at radius 3 is 2.90 bits per heavy atom. The SMILES string of the molecule is CCOC(=O)c1c(N/C=C(\C#N)C(=O)c2c[nH]c3ccccc23)sc2c1CCCC2. The number of benzene rings is 1. The van der Waals surface area contributed by atoms with Crippen LogP contribution in [0.3, 0.4) is 0 Å². The molecule has 2 N–H and O–H groups in total. The molecule has 2 aromatic heterocycles. The van der Waals surface area contributed by atoms with E-state index in [-0.39, 0.29) is 17.3 Å². The summed E-state index contributed by atoms with van der Waals surface area (Å²) in [5.74, 6) is -0.740. The number of H-pyrrole nitrogens is 1. The van der Waals surface area contributed by atoms with Crippen LogP contribution in [0.1, 0.15) is 50.9 Å². The summed E-state index contributed by atoms with van der Waals surface area (Å²) in [4.78, 5) is 29.7. The van der Waals surface area contributed by atoms with Crippen LogP contribution in [0.15, 0.2) is 42.2 Å². The number of thiophene rings is 1. The van der Waals surface area contributed by atoms with Gasteiger partial charge in [-0.25, -0.2) is 4.79 Å². The molecule has 6 nitrogen and oxygen atoms in total. The van der Waals surface area contributed by atoms with Crippen molar-refractivity contribution in [3.63, 3.8) is 0 Å². The first kappa shape index (κ1) is 19.9. The zero-order chi connectivity index (χ0) is 21.1. The van der Waals surface area contributed by atoms with E-state index in [0.29, 0.717) is 22.7 Å². The largest absolute Gasteiger partial charge is 0.462 e. The number of ketones is 1. The van der Waals surface area contributed by atoms with Gasteiger partial charge in [-0.2, -0.15) is 5.26 Å². The number of ether oxygens (including phenoxy) is 1. The molecule has 3 aromatic rings.